The molecule has 0 unspecified atom stereocenters. The normalized spacial score (nSPS) is 17.7. The first-order valence-corrected chi connectivity index (χ1v) is 6.53. The zero-order valence-corrected chi connectivity index (χ0v) is 10.9. The highest BCUT2D eigenvalue weighted by atomic mass is 16.2. The number of carbonyl (C=O) groups is 1. The highest BCUT2D eigenvalue weighted by Crippen LogP contribution is 2.15. The smallest absolute Gasteiger partial charge is 0.240 e. The Morgan fingerprint density at radius 3 is 2.50 bits per heavy atom. The van der Waals surface area contributed by atoms with Gasteiger partial charge in [0.2, 0.25) is 5.91 Å². The number of anilines is 1. The monoisotopic (exact) mass is 247 g/mol. The van der Waals surface area contributed by atoms with Crippen LogP contribution >= 0.6 is 0 Å². The molecule has 1 aliphatic heterocycles. The summed E-state index contributed by atoms with van der Waals surface area (Å²) in [5.74, 6) is -0.151. The molecule has 3 N–H and O–H groups in total. The quantitative estimate of drug-likeness (QED) is 0.849. The average Bonchev–Trinajstić information content (AvgIpc) is 2.84. The van der Waals surface area contributed by atoms with Crippen molar-refractivity contribution in [2.24, 2.45) is 5.73 Å². The molecule has 1 aliphatic rings. The van der Waals surface area contributed by atoms with Gasteiger partial charge in [-0.15, -0.1) is 0 Å². The van der Waals surface area contributed by atoms with E-state index in [1.54, 1.807) is 6.92 Å². The average molecular weight is 247 g/mol. The van der Waals surface area contributed by atoms with Crippen LogP contribution in [0.5, 0.6) is 0 Å². The number of nitrogens with two attached hydrogens (primary N) is 1. The van der Waals surface area contributed by atoms with Crippen LogP contribution < -0.4 is 11.1 Å². The number of nitrogens with one attached hydrogen (secondary N) is 1. The van der Waals surface area contributed by atoms with Crippen LogP contribution in [0.1, 0.15) is 25.3 Å². The topological polar surface area (TPSA) is 58.4 Å². The van der Waals surface area contributed by atoms with Gasteiger partial charge >= 0.3 is 0 Å². The second kappa shape index (κ2) is 5.98. The molecule has 0 spiro atoms. The van der Waals surface area contributed by atoms with Crippen molar-refractivity contribution < 1.29 is 4.79 Å². The Balaban J connectivity index is 1.90. The number of carbonyl (C=O) groups excluding carboxylic acids is 1. The molecule has 1 fully saturated rings. The van der Waals surface area contributed by atoms with Gasteiger partial charge in [0, 0.05) is 12.2 Å². The first kappa shape index (κ1) is 13.1. The number of likely N-dealkylation sites (tertiary alicyclic amines) is 1. The molecule has 98 valence electrons. The number of amides is 1. The molecule has 0 aromatic heterocycles. The molecule has 1 amide bonds. The van der Waals surface area contributed by atoms with E-state index in [0.717, 1.165) is 12.2 Å². The molecule has 4 heteroatoms. The molecule has 0 aliphatic carbocycles. The highest BCUT2D eigenvalue weighted by molar-refractivity contribution is 5.94. The van der Waals surface area contributed by atoms with Gasteiger partial charge in [0.25, 0.3) is 0 Å². The van der Waals surface area contributed by atoms with Crippen LogP contribution in [0.2, 0.25) is 0 Å². The van der Waals surface area contributed by atoms with Crippen molar-refractivity contribution >= 4 is 11.6 Å². The lowest BCUT2D eigenvalue weighted by atomic mass is 10.2. The molecular formula is C14H21N3O. The van der Waals surface area contributed by atoms with E-state index in [-0.39, 0.29) is 5.91 Å². The van der Waals surface area contributed by atoms with E-state index in [1.807, 2.05) is 12.1 Å². The first-order chi connectivity index (χ1) is 8.65. The number of hydrogen-bond donors (Lipinski definition) is 2. The Labute approximate surface area is 108 Å². The van der Waals surface area contributed by atoms with Crippen LogP contribution in [0.3, 0.4) is 0 Å². The Hall–Kier alpha value is -1.39. The summed E-state index contributed by atoms with van der Waals surface area (Å²) in [7, 11) is 0. The summed E-state index contributed by atoms with van der Waals surface area (Å²) < 4.78 is 0. The Kier molecular flexibility index (Phi) is 4.33. The largest absolute Gasteiger partial charge is 0.325 e. The predicted octanol–water partition coefficient (Wildman–Crippen LogP) is 1.57. The first-order valence-electron chi connectivity index (χ1n) is 6.53. The van der Waals surface area contributed by atoms with Gasteiger partial charge in [-0.05, 0) is 50.6 Å². The molecule has 2 rings (SSSR count). The zero-order chi connectivity index (χ0) is 13.0. The van der Waals surface area contributed by atoms with E-state index in [1.165, 1.54) is 31.5 Å². The molecular weight excluding hydrogens is 226 g/mol. The lowest BCUT2D eigenvalue weighted by Crippen LogP contribution is -2.32. The van der Waals surface area contributed by atoms with Gasteiger partial charge in [-0.3, -0.25) is 9.69 Å². The maximum Gasteiger partial charge on any atom is 0.240 e. The van der Waals surface area contributed by atoms with Crippen molar-refractivity contribution in [1.82, 2.24) is 4.90 Å². The number of hydrogen-bond acceptors (Lipinski definition) is 3. The van der Waals surface area contributed by atoms with Crippen molar-refractivity contribution in [3.63, 3.8) is 0 Å². The fourth-order valence-corrected chi connectivity index (χ4v) is 2.15. The van der Waals surface area contributed by atoms with Crippen molar-refractivity contribution in [2.45, 2.75) is 32.4 Å². The third kappa shape index (κ3) is 3.55. The molecule has 1 aromatic rings. The molecule has 1 atom stereocenters. The predicted molar refractivity (Wildman–Crippen MR) is 73.2 cm³/mol. The lowest BCUT2D eigenvalue weighted by molar-refractivity contribution is -0.117. The van der Waals surface area contributed by atoms with Crippen molar-refractivity contribution in [1.29, 1.82) is 0 Å². The van der Waals surface area contributed by atoms with Crippen molar-refractivity contribution in [3.05, 3.63) is 29.8 Å². The van der Waals surface area contributed by atoms with Gasteiger partial charge in [0.1, 0.15) is 0 Å². The van der Waals surface area contributed by atoms with E-state index in [9.17, 15) is 4.79 Å². The van der Waals surface area contributed by atoms with Gasteiger partial charge in [0.05, 0.1) is 6.04 Å². The summed E-state index contributed by atoms with van der Waals surface area (Å²) in [5.41, 5.74) is 7.60. The highest BCUT2D eigenvalue weighted by Gasteiger charge is 2.12. The summed E-state index contributed by atoms with van der Waals surface area (Å²) in [4.78, 5) is 13.9. The molecule has 0 saturated carbocycles. The number of rotatable bonds is 4. The maximum atomic E-state index is 11.4. The minimum atomic E-state index is -0.478. The Morgan fingerprint density at radius 2 is 1.94 bits per heavy atom. The summed E-state index contributed by atoms with van der Waals surface area (Å²) in [6, 6.07) is 7.52. The van der Waals surface area contributed by atoms with Crippen molar-refractivity contribution in [3.8, 4) is 0 Å². The van der Waals surface area contributed by atoms with E-state index >= 15 is 0 Å². The second-order valence-electron chi connectivity index (χ2n) is 4.96. The van der Waals surface area contributed by atoms with Gasteiger partial charge in [-0.25, -0.2) is 0 Å². The van der Waals surface area contributed by atoms with Crippen LogP contribution in [0.15, 0.2) is 24.3 Å². The van der Waals surface area contributed by atoms with Crippen molar-refractivity contribution in [2.75, 3.05) is 18.4 Å². The number of nitrogens with zero attached hydrogens (tertiary/aromatic N) is 1. The van der Waals surface area contributed by atoms with Crippen LogP contribution in [0, 0.1) is 0 Å². The third-order valence-electron chi connectivity index (χ3n) is 3.24. The molecule has 0 bridgehead atoms. The van der Waals surface area contributed by atoms with Gasteiger partial charge in [0.15, 0.2) is 0 Å². The van der Waals surface area contributed by atoms with Gasteiger partial charge < -0.3 is 11.1 Å². The number of benzene rings is 1. The third-order valence-corrected chi connectivity index (χ3v) is 3.24. The molecule has 4 nitrogen and oxygen atoms in total. The van der Waals surface area contributed by atoms with E-state index in [2.05, 4.69) is 22.3 Å². The SMILES string of the molecule is C[C@H](N)C(=O)Nc1ccc(CN2CCCC2)cc1. The Bertz CT molecular complexity index is 394. The summed E-state index contributed by atoms with van der Waals surface area (Å²) >= 11 is 0. The summed E-state index contributed by atoms with van der Waals surface area (Å²) in [6.45, 7) is 5.07. The zero-order valence-electron chi connectivity index (χ0n) is 10.9. The van der Waals surface area contributed by atoms with Crippen LogP contribution in [0.4, 0.5) is 5.69 Å². The fourth-order valence-electron chi connectivity index (χ4n) is 2.15. The van der Waals surface area contributed by atoms with Gasteiger partial charge in [-0.2, -0.15) is 0 Å². The second-order valence-corrected chi connectivity index (χ2v) is 4.96. The van der Waals surface area contributed by atoms with Gasteiger partial charge in [-0.1, -0.05) is 12.1 Å². The van der Waals surface area contributed by atoms with E-state index in [0.29, 0.717) is 0 Å². The fraction of sp³-hybridized carbons (Fsp3) is 0.500. The molecule has 18 heavy (non-hydrogen) atoms. The van der Waals surface area contributed by atoms with Crippen LogP contribution in [0.25, 0.3) is 0 Å². The minimum absolute atomic E-state index is 0.151. The molecule has 1 aromatic carbocycles. The maximum absolute atomic E-state index is 11.4. The lowest BCUT2D eigenvalue weighted by Gasteiger charge is -2.15. The van der Waals surface area contributed by atoms with Crippen LogP contribution in [-0.4, -0.2) is 29.9 Å². The molecule has 0 radical (unpaired) electrons. The Morgan fingerprint density at radius 1 is 1.33 bits per heavy atom. The standard InChI is InChI=1S/C14H21N3O/c1-11(15)14(18)16-13-6-4-12(5-7-13)10-17-8-2-3-9-17/h4-7,11H,2-3,8-10,15H2,1H3,(H,16,18)/t11-/m0/s1. The summed E-state index contributed by atoms with van der Waals surface area (Å²) in [5, 5.41) is 2.78. The minimum Gasteiger partial charge on any atom is -0.325 e. The van der Waals surface area contributed by atoms with E-state index in [4.69, 9.17) is 5.73 Å². The molecule has 1 saturated heterocycles. The molecule has 1 heterocycles. The van der Waals surface area contributed by atoms with Crippen LogP contribution in [-0.2, 0) is 11.3 Å². The summed E-state index contributed by atoms with van der Waals surface area (Å²) in [6.07, 6.45) is 2.62. The van der Waals surface area contributed by atoms with E-state index < -0.39 is 6.04 Å².